The van der Waals surface area contributed by atoms with E-state index in [2.05, 4.69) is 12.2 Å². The average molecular weight is 195 g/mol. The van der Waals surface area contributed by atoms with Gasteiger partial charge < -0.3 is 5.32 Å². The van der Waals surface area contributed by atoms with Crippen molar-refractivity contribution in [1.29, 1.82) is 0 Å². The fourth-order valence-electron chi connectivity index (χ4n) is 3.30. The summed E-state index contributed by atoms with van der Waals surface area (Å²) in [4.78, 5) is 0. The highest BCUT2D eigenvalue weighted by Gasteiger charge is 2.24. The van der Waals surface area contributed by atoms with Crippen molar-refractivity contribution in [2.45, 2.75) is 64.3 Å². The second-order valence-corrected chi connectivity index (χ2v) is 5.40. The van der Waals surface area contributed by atoms with Gasteiger partial charge in [0, 0.05) is 6.04 Å². The SMILES string of the molecule is CC(CC1CCCN1)C1CCCCC1. The highest BCUT2D eigenvalue weighted by Crippen LogP contribution is 2.32. The summed E-state index contributed by atoms with van der Waals surface area (Å²) in [5.41, 5.74) is 0. The molecular weight excluding hydrogens is 170 g/mol. The summed E-state index contributed by atoms with van der Waals surface area (Å²) in [5.74, 6) is 2.01. The number of nitrogens with one attached hydrogen (secondary N) is 1. The van der Waals surface area contributed by atoms with E-state index >= 15 is 0 Å². The molecule has 0 radical (unpaired) electrons. The Morgan fingerprint density at radius 2 is 1.86 bits per heavy atom. The third-order valence-electron chi connectivity index (χ3n) is 4.27. The van der Waals surface area contributed by atoms with Crippen molar-refractivity contribution < 1.29 is 0 Å². The Morgan fingerprint density at radius 1 is 1.07 bits per heavy atom. The molecular formula is C13H25N. The van der Waals surface area contributed by atoms with E-state index in [1.807, 2.05) is 0 Å². The molecule has 1 saturated heterocycles. The van der Waals surface area contributed by atoms with E-state index < -0.39 is 0 Å². The standard InChI is InChI=1S/C13H25N/c1-11(10-13-8-5-9-14-13)12-6-3-2-4-7-12/h11-14H,2-10H2,1H3. The fraction of sp³-hybridized carbons (Fsp3) is 1.00. The van der Waals surface area contributed by atoms with Gasteiger partial charge in [-0.15, -0.1) is 0 Å². The van der Waals surface area contributed by atoms with Crippen LogP contribution in [0.5, 0.6) is 0 Å². The number of hydrogen-bond donors (Lipinski definition) is 1. The zero-order valence-corrected chi connectivity index (χ0v) is 9.60. The van der Waals surface area contributed by atoms with Gasteiger partial charge in [-0.25, -0.2) is 0 Å². The molecule has 2 aliphatic rings. The molecule has 14 heavy (non-hydrogen) atoms. The van der Waals surface area contributed by atoms with Crippen molar-refractivity contribution in [3.63, 3.8) is 0 Å². The van der Waals surface area contributed by atoms with Crippen LogP contribution >= 0.6 is 0 Å². The average Bonchev–Trinajstić information content (AvgIpc) is 2.72. The molecule has 2 rings (SSSR count). The van der Waals surface area contributed by atoms with Crippen LogP contribution in [0.25, 0.3) is 0 Å². The van der Waals surface area contributed by atoms with Gasteiger partial charge in [0.25, 0.3) is 0 Å². The smallest absolute Gasteiger partial charge is 0.00701 e. The van der Waals surface area contributed by atoms with Gasteiger partial charge in [-0.05, 0) is 37.6 Å². The summed E-state index contributed by atoms with van der Waals surface area (Å²) >= 11 is 0. The first-order valence-electron chi connectivity index (χ1n) is 6.59. The van der Waals surface area contributed by atoms with Crippen LogP contribution in [0.2, 0.25) is 0 Å². The molecule has 1 heteroatoms. The van der Waals surface area contributed by atoms with Gasteiger partial charge in [-0.1, -0.05) is 39.0 Å². The molecule has 0 aromatic carbocycles. The van der Waals surface area contributed by atoms with Gasteiger partial charge in [-0.3, -0.25) is 0 Å². The van der Waals surface area contributed by atoms with Crippen molar-refractivity contribution in [2.75, 3.05) is 6.54 Å². The van der Waals surface area contributed by atoms with Crippen molar-refractivity contribution in [2.24, 2.45) is 11.8 Å². The van der Waals surface area contributed by atoms with Gasteiger partial charge in [0.15, 0.2) is 0 Å². The summed E-state index contributed by atoms with van der Waals surface area (Å²) in [7, 11) is 0. The summed E-state index contributed by atoms with van der Waals surface area (Å²) in [5, 5.41) is 3.63. The lowest BCUT2D eigenvalue weighted by Gasteiger charge is -2.29. The van der Waals surface area contributed by atoms with Crippen LogP contribution in [0.15, 0.2) is 0 Å². The van der Waals surface area contributed by atoms with Crippen LogP contribution in [0.1, 0.15) is 58.3 Å². The van der Waals surface area contributed by atoms with E-state index in [1.54, 1.807) is 0 Å². The zero-order chi connectivity index (χ0) is 9.80. The van der Waals surface area contributed by atoms with E-state index in [9.17, 15) is 0 Å². The summed E-state index contributed by atoms with van der Waals surface area (Å²) in [6.07, 6.45) is 11.8. The molecule has 0 spiro atoms. The predicted molar refractivity (Wildman–Crippen MR) is 61.4 cm³/mol. The molecule has 1 nitrogen and oxygen atoms in total. The first-order valence-corrected chi connectivity index (χ1v) is 6.59. The summed E-state index contributed by atoms with van der Waals surface area (Å²) in [6, 6.07) is 0.854. The Morgan fingerprint density at radius 3 is 2.50 bits per heavy atom. The lowest BCUT2D eigenvalue weighted by atomic mass is 9.78. The Balaban J connectivity index is 1.72. The van der Waals surface area contributed by atoms with Crippen molar-refractivity contribution in [1.82, 2.24) is 5.32 Å². The largest absolute Gasteiger partial charge is 0.314 e. The third kappa shape index (κ3) is 2.73. The molecule has 2 fully saturated rings. The monoisotopic (exact) mass is 195 g/mol. The first-order chi connectivity index (χ1) is 6.86. The van der Waals surface area contributed by atoms with E-state index in [1.165, 1.54) is 57.9 Å². The maximum atomic E-state index is 3.63. The van der Waals surface area contributed by atoms with Gasteiger partial charge in [-0.2, -0.15) is 0 Å². The van der Waals surface area contributed by atoms with E-state index in [0.717, 1.165) is 17.9 Å². The fourth-order valence-corrected chi connectivity index (χ4v) is 3.30. The Labute approximate surface area is 88.7 Å². The quantitative estimate of drug-likeness (QED) is 0.728. The second-order valence-electron chi connectivity index (χ2n) is 5.40. The molecule has 1 aliphatic heterocycles. The molecule has 1 saturated carbocycles. The maximum Gasteiger partial charge on any atom is 0.00701 e. The zero-order valence-electron chi connectivity index (χ0n) is 9.60. The molecule has 1 aliphatic carbocycles. The molecule has 0 aromatic heterocycles. The van der Waals surface area contributed by atoms with Crippen LogP contribution in [-0.2, 0) is 0 Å². The highest BCUT2D eigenvalue weighted by atomic mass is 14.9. The molecule has 0 aromatic rings. The Kier molecular flexibility index (Phi) is 3.86. The summed E-state index contributed by atoms with van der Waals surface area (Å²) < 4.78 is 0. The van der Waals surface area contributed by atoms with Crippen molar-refractivity contribution in [3.8, 4) is 0 Å². The number of hydrogen-bond acceptors (Lipinski definition) is 1. The lowest BCUT2D eigenvalue weighted by Crippen LogP contribution is -2.27. The minimum absolute atomic E-state index is 0.854. The van der Waals surface area contributed by atoms with Crippen LogP contribution in [0, 0.1) is 11.8 Å². The molecule has 1 N–H and O–H groups in total. The van der Waals surface area contributed by atoms with Gasteiger partial charge in [0.05, 0.1) is 0 Å². The predicted octanol–water partition coefficient (Wildman–Crippen LogP) is 3.34. The highest BCUT2D eigenvalue weighted by molar-refractivity contribution is 4.80. The molecule has 82 valence electrons. The van der Waals surface area contributed by atoms with Gasteiger partial charge in [0.2, 0.25) is 0 Å². The lowest BCUT2D eigenvalue weighted by molar-refractivity contribution is 0.237. The van der Waals surface area contributed by atoms with Crippen LogP contribution in [0.3, 0.4) is 0 Å². The van der Waals surface area contributed by atoms with E-state index in [-0.39, 0.29) is 0 Å². The van der Waals surface area contributed by atoms with Crippen molar-refractivity contribution >= 4 is 0 Å². The second kappa shape index (κ2) is 5.16. The van der Waals surface area contributed by atoms with Gasteiger partial charge >= 0.3 is 0 Å². The van der Waals surface area contributed by atoms with E-state index in [0.29, 0.717) is 0 Å². The Bertz CT molecular complexity index is 155. The van der Waals surface area contributed by atoms with Crippen molar-refractivity contribution in [3.05, 3.63) is 0 Å². The van der Waals surface area contributed by atoms with E-state index in [4.69, 9.17) is 0 Å². The first kappa shape index (κ1) is 10.5. The maximum absolute atomic E-state index is 3.63. The summed E-state index contributed by atoms with van der Waals surface area (Å²) in [6.45, 7) is 3.75. The van der Waals surface area contributed by atoms with Crippen LogP contribution < -0.4 is 5.32 Å². The Hall–Kier alpha value is -0.0400. The number of rotatable bonds is 3. The normalized spacial score (nSPS) is 31.9. The molecule has 2 unspecified atom stereocenters. The third-order valence-corrected chi connectivity index (χ3v) is 4.27. The molecule has 0 amide bonds. The molecule has 0 bridgehead atoms. The molecule has 1 heterocycles. The van der Waals surface area contributed by atoms with Gasteiger partial charge in [0.1, 0.15) is 0 Å². The van der Waals surface area contributed by atoms with Crippen LogP contribution in [-0.4, -0.2) is 12.6 Å². The minimum Gasteiger partial charge on any atom is -0.314 e. The minimum atomic E-state index is 0.854. The molecule has 2 atom stereocenters. The topological polar surface area (TPSA) is 12.0 Å². The van der Waals surface area contributed by atoms with Crippen LogP contribution in [0.4, 0.5) is 0 Å².